The maximum absolute atomic E-state index is 12.6. The largest absolute Gasteiger partial charge is 0.417 e. The smallest absolute Gasteiger partial charge is 0.302 e. The number of hydrogen-bond acceptors (Lipinski definition) is 1. The molecule has 1 nitrogen and oxygen atoms in total. The second kappa shape index (κ2) is 3.48. The highest BCUT2D eigenvalue weighted by Gasteiger charge is 2.45. The van der Waals surface area contributed by atoms with Crippen molar-refractivity contribution in [1.29, 1.82) is 0 Å². The van der Waals surface area contributed by atoms with Crippen LogP contribution < -0.4 is 0 Å². The lowest BCUT2D eigenvalue weighted by Crippen LogP contribution is -2.12. The zero-order chi connectivity index (χ0) is 12.0. The Balaban J connectivity index is 2.48. The summed E-state index contributed by atoms with van der Waals surface area (Å²) in [4.78, 5) is 10.8. The number of benzene rings is 1. The standard InChI is InChI=1S/C11H8ClF3O/c12-9-2-1-7(10(6-16)3-4-10)5-8(9)11(13,14)15/h1-2,5-6H,3-4H2. The monoisotopic (exact) mass is 248 g/mol. The van der Waals surface area contributed by atoms with Gasteiger partial charge in [-0.15, -0.1) is 0 Å². The van der Waals surface area contributed by atoms with Crippen LogP contribution in [0.3, 0.4) is 0 Å². The predicted octanol–water partition coefficient (Wildman–Crippen LogP) is 3.59. The van der Waals surface area contributed by atoms with Crippen molar-refractivity contribution in [3.05, 3.63) is 34.3 Å². The van der Waals surface area contributed by atoms with Crippen LogP contribution in [-0.4, -0.2) is 6.29 Å². The first-order valence-electron chi connectivity index (χ1n) is 4.73. The first-order chi connectivity index (χ1) is 7.39. The molecule has 0 radical (unpaired) electrons. The maximum atomic E-state index is 12.6. The molecule has 5 heteroatoms. The van der Waals surface area contributed by atoms with E-state index in [1.165, 1.54) is 12.1 Å². The molecule has 0 atom stereocenters. The Morgan fingerprint density at radius 3 is 2.38 bits per heavy atom. The summed E-state index contributed by atoms with van der Waals surface area (Å²) < 4.78 is 37.7. The third-order valence-electron chi connectivity index (χ3n) is 2.86. The lowest BCUT2D eigenvalue weighted by molar-refractivity contribution is -0.137. The number of carbonyl (C=O) groups is 1. The molecule has 0 amide bonds. The molecule has 1 aliphatic rings. The van der Waals surface area contributed by atoms with Gasteiger partial charge in [0.25, 0.3) is 0 Å². The van der Waals surface area contributed by atoms with Crippen LogP contribution in [0.25, 0.3) is 0 Å². The highest BCUT2D eigenvalue weighted by molar-refractivity contribution is 6.31. The number of hydrogen-bond donors (Lipinski definition) is 0. The fourth-order valence-corrected chi connectivity index (χ4v) is 1.89. The van der Waals surface area contributed by atoms with Crippen molar-refractivity contribution >= 4 is 17.9 Å². The lowest BCUT2D eigenvalue weighted by Gasteiger charge is -2.13. The number of rotatable bonds is 2. The minimum atomic E-state index is -4.48. The van der Waals surface area contributed by atoms with Crippen molar-refractivity contribution in [2.45, 2.75) is 24.4 Å². The van der Waals surface area contributed by atoms with Crippen molar-refractivity contribution in [3.63, 3.8) is 0 Å². The number of aldehydes is 1. The van der Waals surface area contributed by atoms with E-state index in [1.807, 2.05) is 0 Å². The predicted molar refractivity (Wildman–Crippen MR) is 53.4 cm³/mol. The van der Waals surface area contributed by atoms with Gasteiger partial charge in [0.1, 0.15) is 6.29 Å². The third kappa shape index (κ3) is 1.82. The summed E-state index contributed by atoms with van der Waals surface area (Å²) in [6.07, 6.45) is -2.55. The molecular weight excluding hydrogens is 241 g/mol. The molecular formula is C11H8ClF3O. The van der Waals surface area contributed by atoms with Gasteiger partial charge in [0, 0.05) is 0 Å². The molecule has 0 aliphatic heterocycles. The van der Waals surface area contributed by atoms with Crippen molar-refractivity contribution in [1.82, 2.24) is 0 Å². The van der Waals surface area contributed by atoms with Gasteiger partial charge in [-0.25, -0.2) is 0 Å². The lowest BCUT2D eigenvalue weighted by atomic mass is 9.96. The highest BCUT2D eigenvalue weighted by Crippen LogP contribution is 2.48. The second-order valence-corrected chi connectivity index (χ2v) is 4.37. The third-order valence-corrected chi connectivity index (χ3v) is 3.19. The zero-order valence-electron chi connectivity index (χ0n) is 8.14. The Hall–Kier alpha value is -1.03. The molecule has 0 N–H and O–H groups in total. The Bertz CT molecular complexity index is 435. The summed E-state index contributed by atoms with van der Waals surface area (Å²) in [6.45, 7) is 0. The van der Waals surface area contributed by atoms with Crippen LogP contribution in [0.15, 0.2) is 18.2 Å². The Kier molecular flexibility index (Phi) is 2.49. The van der Waals surface area contributed by atoms with Crippen LogP contribution >= 0.6 is 11.6 Å². The molecule has 1 aromatic carbocycles. The van der Waals surface area contributed by atoms with Crippen molar-refractivity contribution < 1.29 is 18.0 Å². The molecule has 0 aromatic heterocycles. The minimum Gasteiger partial charge on any atom is -0.302 e. The summed E-state index contributed by atoms with van der Waals surface area (Å²) in [5.41, 5.74) is -1.18. The molecule has 16 heavy (non-hydrogen) atoms. The van der Waals surface area contributed by atoms with E-state index in [1.54, 1.807) is 0 Å². The van der Waals surface area contributed by atoms with Gasteiger partial charge in [0.2, 0.25) is 0 Å². The summed E-state index contributed by atoms with van der Waals surface area (Å²) in [5.74, 6) is 0. The molecule has 1 aromatic rings. The van der Waals surface area contributed by atoms with Gasteiger partial charge in [-0.1, -0.05) is 17.7 Å². The zero-order valence-corrected chi connectivity index (χ0v) is 8.90. The van der Waals surface area contributed by atoms with Crippen molar-refractivity contribution in [3.8, 4) is 0 Å². The van der Waals surface area contributed by atoms with Crippen molar-refractivity contribution in [2.75, 3.05) is 0 Å². The molecule has 0 heterocycles. The fourth-order valence-electron chi connectivity index (χ4n) is 1.66. The van der Waals surface area contributed by atoms with Crippen LogP contribution in [0.2, 0.25) is 5.02 Å². The number of carbonyl (C=O) groups excluding carboxylic acids is 1. The Morgan fingerprint density at radius 1 is 1.31 bits per heavy atom. The van der Waals surface area contributed by atoms with Crippen LogP contribution in [0, 0.1) is 0 Å². The van der Waals surface area contributed by atoms with Crippen LogP contribution in [0.1, 0.15) is 24.0 Å². The van der Waals surface area contributed by atoms with Gasteiger partial charge in [0.15, 0.2) is 0 Å². The van der Waals surface area contributed by atoms with Gasteiger partial charge < -0.3 is 4.79 Å². The van der Waals surface area contributed by atoms with Crippen LogP contribution in [0.5, 0.6) is 0 Å². The molecule has 0 bridgehead atoms. The summed E-state index contributed by atoms with van der Waals surface area (Å²) >= 11 is 5.49. The van der Waals surface area contributed by atoms with Gasteiger partial charge in [-0.3, -0.25) is 0 Å². The van der Waals surface area contributed by atoms with Gasteiger partial charge in [-0.2, -0.15) is 13.2 Å². The normalized spacial score (nSPS) is 18.2. The van der Waals surface area contributed by atoms with Gasteiger partial charge in [0.05, 0.1) is 16.0 Å². The average Bonchev–Trinajstić information content (AvgIpc) is 2.97. The van der Waals surface area contributed by atoms with E-state index < -0.39 is 17.2 Å². The molecule has 0 unspecified atom stereocenters. The quantitative estimate of drug-likeness (QED) is 0.731. The maximum Gasteiger partial charge on any atom is 0.417 e. The van der Waals surface area contributed by atoms with Gasteiger partial charge in [-0.05, 0) is 30.5 Å². The first-order valence-corrected chi connectivity index (χ1v) is 5.10. The second-order valence-electron chi connectivity index (χ2n) is 3.97. The molecule has 1 fully saturated rings. The van der Waals surface area contributed by atoms with Crippen molar-refractivity contribution in [2.24, 2.45) is 0 Å². The summed E-state index contributed by atoms with van der Waals surface area (Å²) in [7, 11) is 0. The van der Waals surface area contributed by atoms with E-state index in [0.29, 0.717) is 18.4 Å². The number of halogens is 4. The Labute approximate surface area is 95.2 Å². The highest BCUT2D eigenvalue weighted by atomic mass is 35.5. The summed E-state index contributed by atoms with van der Waals surface area (Å²) in [6, 6.07) is 3.66. The average molecular weight is 249 g/mol. The van der Waals surface area contributed by atoms with Crippen LogP contribution in [0.4, 0.5) is 13.2 Å². The molecule has 0 saturated heterocycles. The van der Waals surface area contributed by atoms with E-state index in [0.717, 1.165) is 12.4 Å². The van der Waals surface area contributed by atoms with E-state index in [-0.39, 0.29) is 5.02 Å². The topological polar surface area (TPSA) is 17.1 Å². The van der Waals surface area contributed by atoms with E-state index in [9.17, 15) is 18.0 Å². The molecule has 1 aliphatic carbocycles. The first kappa shape index (κ1) is 11.5. The molecule has 86 valence electrons. The van der Waals surface area contributed by atoms with Gasteiger partial charge >= 0.3 is 6.18 Å². The fraction of sp³-hybridized carbons (Fsp3) is 0.364. The Morgan fingerprint density at radius 2 is 1.94 bits per heavy atom. The van der Waals surface area contributed by atoms with E-state index in [2.05, 4.69) is 0 Å². The summed E-state index contributed by atoms with van der Waals surface area (Å²) in [5, 5.41) is -0.335. The molecule has 2 rings (SSSR count). The SMILES string of the molecule is O=CC1(c2ccc(Cl)c(C(F)(F)F)c2)CC1. The van der Waals surface area contributed by atoms with E-state index in [4.69, 9.17) is 11.6 Å². The molecule has 0 spiro atoms. The molecule has 1 saturated carbocycles. The van der Waals surface area contributed by atoms with E-state index >= 15 is 0 Å². The minimum absolute atomic E-state index is 0.335. The van der Waals surface area contributed by atoms with Crippen LogP contribution in [-0.2, 0) is 16.4 Å². The number of alkyl halides is 3.